The number of carboxylic acid groups (broad SMARTS) is 1. The molecule has 0 bridgehead atoms. The van der Waals surface area contributed by atoms with Gasteiger partial charge in [0.15, 0.2) is 0 Å². The smallest absolute Gasteiger partial charge is 0.303 e. The van der Waals surface area contributed by atoms with Crippen molar-refractivity contribution in [1.82, 2.24) is 0 Å². The van der Waals surface area contributed by atoms with E-state index in [9.17, 15) is 4.79 Å². The lowest BCUT2D eigenvalue weighted by Crippen LogP contribution is -2.57. The van der Waals surface area contributed by atoms with Gasteiger partial charge in [-0.2, -0.15) is 0 Å². The third-order valence-corrected chi connectivity index (χ3v) is 4.51. The van der Waals surface area contributed by atoms with E-state index in [1.54, 1.807) is 0 Å². The van der Waals surface area contributed by atoms with E-state index in [1.165, 1.54) is 0 Å². The first-order valence-corrected chi connectivity index (χ1v) is 6.72. The summed E-state index contributed by atoms with van der Waals surface area (Å²) >= 11 is 3.42. The average molecular weight is 313 g/mol. The summed E-state index contributed by atoms with van der Waals surface area (Å²) in [6.07, 6.45) is 0.145. The van der Waals surface area contributed by atoms with E-state index in [2.05, 4.69) is 28.1 Å². The summed E-state index contributed by atoms with van der Waals surface area (Å²) in [5, 5.41) is 9.07. The summed E-state index contributed by atoms with van der Waals surface area (Å²) in [5.41, 5.74) is 0.639. The molecular formula is C14H17BrO3. The van der Waals surface area contributed by atoms with E-state index in [0.29, 0.717) is 13.2 Å². The van der Waals surface area contributed by atoms with Crippen LogP contribution >= 0.6 is 15.9 Å². The highest BCUT2D eigenvalue weighted by atomic mass is 79.9. The number of hydrogen-bond donors (Lipinski definition) is 1. The maximum absolute atomic E-state index is 11.0. The first-order valence-electron chi connectivity index (χ1n) is 5.93. The molecule has 1 aliphatic rings. The summed E-state index contributed by atoms with van der Waals surface area (Å²) in [5.74, 6) is -0.761. The van der Waals surface area contributed by atoms with Crippen molar-refractivity contribution in [3.05, 3.63) is 34.3 Å². The second kappa shape index (κ2) is 4.67. The molecule has 2 rings (SSSR count). The molecule has 98 valence electrons. The van der Waals surface area contributed by atoms with Crippen molar-refractivity contribution >= 4 is 21.9 Å². The van der Waals surface area contributed by atoms with Crippen molar-refractivity contribution in [1.29, 1.82) is 0 Å². The summed E-state index contributed by atoms with van der Waals surface area (Å²) < 4.78 is 6.41. The van der Waals surface area contributed by atoms with E-state index in [-0.39, 0.29) is 17.3 Å². The minimum absolute atomic E-state index is 0.145. The van der Waals surface area contributed by atoms with Crippen molar-refractivity contribution < 1.29 is 14.6 Å². The van der Waals surface area contributed by atoms with E-state index < -0.39 is 5.97 Å². The number of aliphatic carboxylic acids is 1. The van der Waals surface area contributed by atoms with Crippen LogP contribution in [0, 0.1) is 5.41 Å². The highest BCUT2D eigenvalue weighted by Gasteiger charge is 2.52. The lowest BCUT2D eigenvalue weighted by atomic mass is 9.59. The Kier molecular flexibility index (Phi) is 3.52. The van der Waals surface area contributed by atoms with Crippen LogP contribution in [0.5, 0.6) is 0 Å². The van der Waals surface area contributed by atoms with E-state index in [0.717, 1.165) is 10.0 Å². The number of rotatable bonds is 4. The van der Waals surface area contributed by atoms with Crippen LogP contribution in [0.15, 0.2) is 28.7 Å². The topological polar surface area (TPSA) is 46.5 Å². The largest absolute Gasteiger partial charge is 0.481 e. The van der Waals surface area contributed by atoms with Gasteiger partial charge in [-0.1, -0.05) is 41.9 Å². The molecule has 0 amide bonds. The molecule has 1 N–H and O–H groups in total. The number of benzene rings is 1. The van der Waals surface area contributed by atoms with Crippen LogP contribution in [0.4, 0.5) is 0 Å². The van der Waals surface area contributed by atoms with Crippen LogP contribution in [-0.2, 0) is 14.9 Å². The monoisotopic (exact) mass is 312 g/mol. The van der Waals surface area contributed by atoms with Crippen LogP contribution < -0.4 is 0 Å². The van der Waals surface area contributed by atoms with E-state index in [1.807, 2.05) is 26.0 Å². The maximum atomic E-state index is 11.0. The fraction of sp³-hybridized carbons (Fsp3) is 0.500. The highest BCUT2D eigenvalue weighted by molar-refractivity contribution is 9.10. The van der Waals surface area contributed by atoms with E-state index >= 15 is 0 Å². The zero-order valence-corrected chi connectivity index (χ0v) is 12.2. The van der Waals surface area contributed by atoms with Gasteiger partial charge >= 0.3 is 5.97 Å². The summed E-state index contributed by atoms with van der Waals surface area (Å²) in [4.78, 5) is 11.0. The Morgan fingerprint density at radius 3 is 2.33 bits per heavy atom. The van der Waals surface area contributed by atoms with Gasteiger partial charge in [0.05, 0.1) is 19.6 Å². The summed E-state index contributed by atoms with van der Waals surface area (Å²) in [6.45, 7) is 5.20. The Morgan fingerprint density at radius 2 is 1.94 bits per heavy atom. The molecule has 3 nitrogen and oxygen atoms in total. The molecule has 1 fully saturated rings. The molecule has 1 aliphatic heterocycles. The zero-order valence-electron chi connectivity index (χ0n) is 10.6. The van der Waals surface area contributed by atoms with Gasteiger partial charge in [-0.25, -0.2) is 0 Å². The molecule has 1 aromatic rings. The van der Waals surface area contributed by atoms with Crippen molar-refractivity contribution in [2.75, 3.05) is 13.2 Å². The number of carboxylic acids is 1. The third kappa shape index (κ3) is 2.19. The second-order valence-electron chi connectivity index (χ2n) is 5.54. The Labute approximate surface area is 115 Å². The number of ether oxygens (including phenoxy) is 1. The maximum Gasteiger partial charge on any atom is 0.303 e. The molecule has 0 radical (unpaired) electrons. The molecule has 4 heteroatoms. The molecule has 18 heavy (non-hydrogen) atoms. The molecule has 0 aromatic heterocycles. The van der Waals surface area contributed by atoms with Gasteiger partial charge in [-0.05, 0) is 23.1 Å². The Balaban J connectivity index is 2.36. The standard InChI is InChI=1S/C14H17BrO3/c1-13(2,7-12(16)17)14(8-18-9-14)10-3-5-11(15)6-4-10/h3-6H,7-9H2,1-2H3,(H,16,17). The number of halogens is 1. The van der Waals surface area contributed by atoms with Crippen LogP contribution in [0.1, 0.15) is 25.8 Å². The Hall–Kier alpha value is -0.870. The number of hydrogen-bond acceptors (Lipinski definition) is 2. The SMILES string of the molecule is CC(C)(CC(=O)O)C1(c2ccc(Br)cc2)COC1. The molecule has 0 atom stereocenters. The highest BCUT2D eigenvalue weighted by Crippen LogP contribution is 2.49. The van der Waals surface area contributed by atoms with Crippen molar-refractivity contribution in [2.24, 2.45) is 5.41 Å². The van der Waals surface area contributed by atoms with Crippen LogP contribution in [0.3, 0.4) is 0 Å². The van der Waals surface area contributed by atoms with Crippen LogP contribution in [0.25, 0.3) is 0 Å². The second-order valence-corrected chi connectivity index (χ2v) is 6.45. The van der Waals surface area contributed by atoms with Crippen molar-refractivity contribution in [3.63, 3.8) is 0 Å². The van der Waals surface area contributed by atoms with Gasteiger partial charge in [0.25, 0.3) is 0 Å². The molecule has 1 heterocycles. The quantitative estimate of drug-likeness (QED) is 0.928. The van der Waals surface area contributed by atoms with Crippen LogP contribution in [-0.4, -0.2) is 24.3 Å². The van der Waals surface area contributed by atoms with Gasteiger partial charge in [-0.15, -0.1) is 0 Å². The summed E-state index contributed by atoms with van der Waals surface area (Å²) in [7, 11) is 0. The molecule has 0 spiro atoms. The third-order valence-electron chi connectivity index (χ3n) is 3.98. The lowest BCUT2D eigenvalue weighted by Gasteiger charge is -2.52. The van der Waals surface area contributed by atoms with Crippen molar-refractivity contribution in [3.8, 4) is 0 Å². The fourth-order valence-corrected chi connectivity index (χ4v) is 2.83. The minimum Gasteiger partial charge on any atom is -0.481 e. The average Bonchev–Trinajstić information content (AvgIpc) is 2.16. The lowest BCUT2D eigenvalue weighted by molar-refractivity contribution is -0.151. The van der Waals surface area contributed by atoms with Gasteiger partial charge in [0.2, 0.25) is 0 Å². The Morgan fingerprint density at radius 1 is 1.39 bits per heavy atom. The minimum atomic E-state index is -0.761. The number of carbonyl (C=O) groups is 1. The fourth-order valence-electron chi connectivity index (χ4n) is 2.57. The molecule has 0 aliphatic carbocycles. The molecule has 1 saturated heterocycles. The van der Waals surface area contributed by atoms with Gasteiger partial charge in [-0.3, -0.25) is 4.79 Å². The normalized spacial score (nSPS) is 18.2. The molecular weight excluding hydrogens is 296 g/mol. The molecule has 1 aromatic carbocycles. The van der Waals surface area contributed by atoms with Gasteiger partial charge in [0.1, 0.15) is 0 Å². The van der Waals surface area contributed by atoms with Crippen molar-refractivity contribution in [2.45, 2.75) is 25.7 Å². The zero-order chi connectivity index (χ0) is 13.4. The first-order chi connectivity index (χ1) is 8.37. The summed E-state index contributed by atoms with van der Waals surface area (Å²) in [6, 6.07) is 8.09. The first kappa shape index (κ1) is 13.6. The van der Waals surface area contributed by atoms with Gasteiger partial charge < -0.3 is 9.84 Å². The molecule has 0 unspecified atom stereocenters. The van der Waals surface area contributed by atoms with E-state index in [4.69, 9.17) is 9.84 Å². The predicted molar refractivity (Wildman–Crippen MR) is 72.7 cm³/mol. The molecule has 0 saturated carbocycles. The van der Waals surface area contributed by atoms with Crippen LogP contribution in [0.2, 0.25) is 0 Å². The van der Waals surface area contributed by atoms with Gasteiger partial charge in [0, 0.05) is 9.89 Å². The Bertz CT molecular complexity index is 447. The predicted octanol–water partition coefficient (Wildman–Crippen LogP) is 3.22.